The van der Waals surface area contributed by atoms with E-state index in [0.29, 0.717) is 28.0 Å². The van der Waals surface area contributed by atoms with Gasteiger partial charge in [0.2, 0.25) is 0 Å². The van der Waals surface area contributed by atoms with E-state index in [1.807, 2.05) is 0 Å². The van der Waals surface area contributed by atoms with Gasteiger partial charge in [0, 0.05) is 23.6 Å². The number of rotatable bonds is 4. The summed E-state index contributed by atoms with van der Waals surface area (Å²) in [6, 6.07) is 11.1. The van der Waals surface area contributed by atoms with Crippen molar-refractivity contribution >= 4 is 34.3 Å². The molecule has 6 nitrogen and oxygen atoms in total. The highest BCUT2D eigenvalue weighted by atomic mass is 35.5. The summed E-state index contributed by atoms with van der Waals surface area (Å²) >= 11 is 5.81. The van der Waals surface area contributed by atoms with Crippen molar-refractivity contribution in [2.75, 3.05) is 6.61 Å². The Hall–Kier alpha value is -2.99. The number of benzene rings is 2. The van der Waals surface area contributed by atoms with Crippen molar-refractivity contribution in [3.8, 4) is 0 Å². The number of carbonyl (C=O) groups is 2. The van der Waals surface area contributed by atoms with Crippen molar-refractivity contribution in [1.82, 2.24) is 9.55 Å². The van der Waals surface area contributed by atoms with E-state index in [0.717, 1.165) is 31.5 Å². The minimum atomic E-state index is -0.633. The molecule has 0 spiro atoms. The second-order valence-electron chi connectivity index (χ2n) is 7.03. The van der Waals surface area contributed by atoms with Crippen LogP contribution in [-0.4, -0.2) is 27.9 Å². The number of ether oxygens (including phenoxy) is 1. The predicted octanol–water partition coefficient (Wildman–Crippen LogP) is 3.82. The lowest BCUT2D eigenvalue weighted by molar-refractivity contribution is 0.0475. The van der Waals surface area contributed by atoms with E-state index in [9.17, 15) is 14.4 Å². The predicted molar refractivity (Wildman–Crippen MR) is 110 cm³/mol. The van der Waals surface area contributed by atoms with Crippen molar-refractivity contribution in [2.45, 2.75) is 32.2 Å². The summed E-state index contributed by atoms with van der Waals surface area (Å²) in [5, 5.41) is 1.00. The number of Topliss-reactive ketones (excluding diaryl/α,β-unsaturated/α-hetero) is 1. The number of carbonyl (C=O) groups excluding carboxylic acids is 2. The van der Waals surface area contributed by atoms with Crippen LogP contribution < -0.4 is 5.56 Å². The molecule has 0 atom stereocenters. The van der Waals surface area contributed by atoms with Gasteiger partial charge in [-0.05, 0) is 55.3 Å². The summed E-state index contributed by atoms with van der Waals surface area (Å²) in [5.74, 6) is -0.202. The Labute approximate surface area is 172 Å². The number of nitrogens with zero attached hydrogens (tertiary/aromatic N) is 2. The zero-order valence-electron chi connectivity index (χ0n) is 15.7. The fourth-order valence-corrected chi connectivity index (χ4v) is 3.60. The summed E-state index contributed by atoms with van der Waals surface area (Å²) in [7, 11) is 0. The van der Waals surface area contributed by atoms with E-state index in [1.165, 1.54) is 6.07 Å². The zero-order chi connectivity index (χ0) is 20.4. The molecule has 2 aromatic carbocycles. The van der Waals surface area contributed by atoms with Crippen molar-refractivity contribution in [3.05, 3.63) is 74.8 Å². The van der Waals surface area contributed by atoms with Crippen molar-refractivity contribution < 1.29 is 14.3 Å². The van der Waals surface area contributed by atoms with Crippen LogP contribution in [0, 0.1) is 0 Å². The number of aryl methyl sites for hydroxylation is 1. The summed E-state index contributed by atoms with van der Waals surface area (Å²) in [6.45, 7) is 0.298. The molecule has 3 aromatic rings. The summed E-state index contributed by atoms with van der Waals surface area (Å²) in [5.41, 5.74) is 1.07. The average molecular weight is 411 g/mol. The van der Waals surface area contributed by atoms with Crippen molar-refractivity contribution in [2.24, 2.45) is 0 Å². The SMILES string of the molecule is O=C(COC(=O)c1ccc2c(=O)n3c(nc2c1)CCCCC3)c1ccc(Cl)cc1. The van der Waals surface area contributed by atoms with Crippen LogP contribution in [0.4, 0.5) is 0 Å². The highest BCUT2D eigenvalue weighted by Crippen LogP contribution is 2.17. The Morgan fingerprint density at radius 3 is 2.59 bits per heavy atom. The molecule has 0 fully saturated rings. The van der Waals surface area contributed by atoms with E-state index in [2.05, 4.69) is 4.98 Å². The third kappa shape index (κ3) is 4.07. The van der Waals surface area contributed by atoms with E-state index in [1.54, 1.807) is 41.0 Å². The topological polar surface area (TPSA) is 78.3 Å². The second-order valence-corrected chi connectivity index (χ2v) is 7.47. The first kappa shape index (κ1) is 19.3. The first-order valence-electron chi connectivity index (χ1n) is 9.52. The molecule has 0 N–H and O–H groups in total. The number of hydrogen-bond donors (Lipinski definition) is 0. The lowest BCUT2D eigenvalue weighted by atomic mass is 10.1. The maximum Gasteiger partial charge on any atom is 0.338 e. The molecule has 4 rings (SSSR count). The molecular formula is C22H19ClN2O4. The van der Waals surface area contributed by atoms with Crippen LogP contribution in [0.5, 0.6) is 0 Å². The van der Waals surface area contributed by atoms with E-state index < -0.39 is 5.97 Å². The fraction of sp³-hybridized carbons (Fsp3) is 0.273. The van der Waals surface area contributed by atoms with Gasteiger partial charge in [0.05, 0.1) is 16.5 Å². The molecule has 0 aliphatic carbocycles. The first-order valence-corrected chi connectivity index (χ1v) is 9.90. The van der Waals surface area contributed by atoms with Gasteiger partial charge < -0.3 is 4.74 Å². The molecule has 1 aliphatic rings. The molecule has 0 amide bonds. The van der Waals surface area contributed by atoms with E-state index in [-0.39, 0.29) is 23.5 Å². The molecule has 0 saturated carbocycles. The smallest absolute Gasteiger partial charge is 0.338 e. The third-order valence-corrected chi connectivity index (χ3v) is 5.30. The number of esters is 1. The fourth-order valence-electron chi connectivity index (χ4n) is 3.48. The van der Waals surface area contributed by atoms with Crippen LogP contribution in [0.2, 0.25) is 5.02 Å². The highest BCUT2D eigenvalue weighted by molar-refractivity contribution is 6.30. The summed E-state index contributed by atoms with van der Waals surface area (Å²) in [4.78, 5) is 41.9. The molecule has 1 aliphatic heterocycles. The largest absolute Gasteiger partial charge is 0.454 e. The lowest BCUT2D eigenvalue weighted by Gasteiger charge is -2.11. The van der Waals surface area contributed by atoms with E-state index in [4.69, 9.17) is 16.3 Å². The number of halogens is 1. The molecule has 29 heavy (non-hydrogen) atoms. The molecule has 0 unspecified atom stereocenters. The minimum Gasteiger partial charge on any atom is -0.454 e. The Bertz CT molecular complexity index is 1150. The monoisotopic (exact) mass is 410 g/mol. The van der Waals surface area contributed by atoms with Gasteiger partial charge in [-0.3, -0.25) is 14.2 Å². The zero-order valence-corrected chi connectivity index (χ0v) is 16.4. The number of hydrogen-bond acceptors (Lipinski definition) is 5. The van der Waals surface area contributed by atoms with Gasteiger partial charge in [-0.1, -0.05) is 18.0 Å². The highest BCUT2D eigenvalue weighted by Gasteiger charge is 2.17. The first-order chi connectivity index (χ1) is 14.0. The van der Waals surface area contributed by atoms with Crippen LogP contribution >= 0.6 is 11.6 Å². The number of aromatic nitrogens is 2. The van der Waals surface area contributed by atoms with Gasteiger partial charge in [0.15, 0.2) is 12.4 Å². The summed E-state index contributed by atoms with van der Waals surface area (Å²) in [6.07, 6.45) is 3.77. The van der Waals surface area contributed by atoms with Gasteiger partial charge in [-0.25, -0.2) is 9.78 Å². The van der Waals surface area contributed by atoms with Gasteiger partial charge in [0.25, 0.3) is 5.56 Å². The van der Waals surface area contributed by atoms with Crippen LogP contribution in [0.1, 0.15) is 45.8 Å². The number of fused-ring (bicyclic) bond motifs is 2. The summed E-state index contributed by atoms with van der Waals surface area (Å²) < 4.78 is 6.89. The Balaban J connectivity index is 1.54. The molecule has 0 bridgehead atoms. The average Bonchev–Trinajstić information content (AvgIpc) is 2.97. The van der Waals surface area contributed by atoms with E-state index >= 15 is 0 Å². The van der Waals surface area contributed by atoms with Gasteiger partial charge >= 0.3 is 5.97 Å². The van der Waals surface area contributed by atoms with Crippen LogP contribution in [-0.2, 0) is 17.7 Å². The molecular weight excluding hydrogens is 392 g/mol. The maximum absolute atomic E-state index is 12.8. The van der Waals surface area contributed by atoms with Crippen molar-refractivity contribution in [3.63, 3.8) is 0 Å². The molecule has 2 heterocycles. The van der Waals surface area contributed by atoms with Gasteiger partial charge in [0.1, 0.15) is 5.82 Å². The normalized spacial score (nSPS) is 13.6. The third-order valence-electron chi connectivity index (χ3n) is 5.05. The van der Waals surface area contributed by atoms with Crippen LogP contribution in [0.3, 0.4) is 0 Å². The number of ketones is 1. The maximum atomic E-state index is 12.8. The lowest BCUT2D eigenvalue weighted by Crippen LogP contribution is -2.24. The molecule has 1 aromatic heterocycles. The quantitative estimate of drug-likeness (QED) is 0.482. The van der Waals surface area contributed by atoms with Crippen LogP contribution in [0.15, 0.2) is 47.3 Å². The van der Waals surface area contributed by atoms with Gasteiger partial charge in [-0.15, -0.1) is 0 Å². The van der Waals surface area contributed by atoms with Crippen LogP contribution in [0.25, 0.3) is 10.9 Å². The van der Waals surface area contributed by atoms with Gasteiger partial charge in [-0.2, -0.15) is 0 Å². The second kappa shape index (κ2) is 8.17. The van der Waals surface area contributed by atoms with Crippen molar-refractivity contribution in [1.29, 1.82) is 0 Å². The molecule has 0 saturated heterocycles. The Morgan fingerprint density at radius 2 is 1.79 bits per heavy atom. The molecule has 7 heteroatoms. The molecule has 148 valence electrons. The molecule has 0 radical (unpaired) electrons. The standard InChI is InChI=1S/C22H19ClN2O4/c23-16-8-5-14(6-9-16)19(26)13-29-22(28)15-7-10-17-18(12-15)24-20-4-2-1-3-11-25(20)21(17)27/h5-10,12H,1-4,11,13H2. The Kier molecular flexibility index (Phi) is 5.45. The Morgan fingerprint density at radius 1 is 1.03 bits per heavy atom. The minimum absolute atomic E-state index is 0.0790.